The number of hydrogen-bond acceptors (Lipinski definition) is 5. The van der Waals surface area contributed by atoms with E-state index in [2.05, 4.69) is 10.3 Å². The molecule has 8 heteroatoms. The van der Waals surface area contributed by atoms with Crippen molar-refractivity contribution in [2.24, 2.45) is 5.92 Å². The van der Waals surface area contributed by atoms with Crippen molar-refractivity contribution >= 4 is 33.0 Å². The van der Waals surface area contributed by atoms with Crippen LogP contribution in [0, 0.1) is 19.8 Å². The Morgan fingerprint density at radius 1 is 1.16 bits per heavy atom. The number of hydrogen-bond donors (Lipinski definition) is 1. The number of sulfonamides is 1. The Morgan fingerprint density at radius 2 is 1.94 bits per heavy atom. The first-order valence-corrected chi connectivity index (χ1v) is 12.5. The highest BCUT2D eigenvalue weighted by Crippen LogP contribution is 2.27. The molecule has 1 fully saturated rings. The standard InChI is InChI=1S/C23H25N3O3S2/c1-16-8-10-21(11-9-16)31(28,29)26-12-4-6-19(14-26)23(27)25-20-7-3-5-18(13-20)22-15-30-17(2)24-22/h3,5,7-11,13,15,19H,4,6,12,14H2,1-2H3,(H,25,27)/t19-/m0/s1. The van der Waals surface area contributed by atoms with Gasteiger partial charge in [-0.2, -0.15) is 4.31 Å². The molecule has 0 spiro atoms. The summed E-state index contributed by atoms with van der Waals surface area (Å²) < 4.78 is 27.5. The predicted molar refractivity (Wildman–Crippen MR) is 124 cm³/mol. The third-order valence-electron chi connectivity index (χ3n) is 5.46. The maximum atomic E-state index is 13.0. The summed E-state index contributed by atoms with van der Waals surface area (Å²) in [5, 5.41) is 5.94. The quantitative estimate of drug-likeness (QED) is 0.616. The first kappa shape index (κ1) is 21.7. The molecule has 0 saturated carbocycles. The number of nitrogens with zero attached hydrogens (tertiary/aromatic N) is 2. The summed E-state index contributed by atoms with van der Waals surface area (Å²) in [6, 6.07) is 14.4. The van der Waals surface area contributed by atoms with Gasteiger partial charge in [0.15, 0.2) is 0 Å². The van der Waals surface area contributed by atoms with Gasteiger partial charge < -0.3 is 5.32 Å². The van der Waals surface area contributed by atoms with E-state index >= 15 is 0 Å². The molecule has 0 aliphatic carbocycles. The Kier molecular flexibility index (Phi) is 6.22. The van der Waals surface area contributed by atoms with Crippen LogP contribution in [-0.2, 0) is 14.8 Å². The molecule has 31 heavy (non-hydrogen) atoms. The second-order valence-electron chi connectivity index (χ2n) is 7.84. The predicted octanol–water partition coefficient (Wildman–Crippen LogP) is 4.47. The molecular weight excluding hydrogens is 430 g/mol. The molecule has 0 bridgehead atoms. The summed E-state index contributed by atoms with van der Waals surface area (Å²) >= 11 is 1.58. The number of piperidine rings is 1. The second kappa shape index (κ2) is 8.90. The average molecular weight is 456 g/mol. The van der Waals surface area contributed by atoms with Gasteiger partial charge in [0.25, 0.3) is 0 Å². The normalized spacial score (nSPS) is 17.4. The SMILES string of the molecule is Cc1ccc(S(=O)(=O)N2CCC[C@H](C(=O)Nc3cccc(-c4csc(C)n4)c3)C2)cc1. The van der Waals surface area contributed by atoms with Crippen molar-refractivity contribution in [3.8, 4) is 11.3 Å². The third-order valence-corrected chi connectivity index (χ3v) is 8.11. The number of thiazole rings is 1. The highest BCUT2D eigenvalue weighted by molar-refractivity contribution is 7.89. The third kappa shape index (κ3) is 4.87. The zero-order chi connectivity index (χ0) is 22.0. The molecule has 1 aliphatic rings. The van der Waals surface area contributed by atoms with E-state index in [9.17, 15) is 13.2 Å². The molecule has 1 aromatic heterocycles. The summed E-state index contributed by atoms with van der Waals surface area (Å²) in [7, 11) is -3.61. The maximum Gasteiger partial charge on any atom is 0.243 e. The largest absolute Gasteiger partial charge is 0.326 e. The Morgan fingerprint density at radius 3 is 2.65 bits per heavy atom. The van der Waals surface area contributed by atoms with Crippen LogP contribution in [0.15, 0.2) is 58.8 Å². The van der Waals surface area contributed by atoms with Crippen LogP contribution in [0.1, 0.15) is 23.4 Å². The lowest BCUT2D eigenvalue weighted by atomic mass is 9.98. The smallest absolute Gasteiger partial charge is 0.243 e. The number of rotatable bonds is 5. The van der Waals surface area contributed by atoms with Crippen LogP contribution in [0.5, 0.6) is 0 Å². The molecule has 4 rings (SSSR count). The molecule has 1 amide bonds. The van der Waals surface area contributed by atoms with Crippen LogP contribution in [0.4, 0.5) is 5.69 Å². The minimum Gasteiger partial charge on any atom is -0.326 e. The van der Waals surface area contributed by atoms with E-state index in [1.807, 2.05) is 43.5 Å². The maximum absolute atomic E-state index is 13.0. The molecular formula is C23H25N3O3S2. The number of carbonyl (C=O) groups is 1. The summed E-state index contributed by atoms with van der Waals surface area (Å²) in [4.78, 5) is 17.7. The zero-order valence-corrected chi connectivity index (χ0v) is 19.2. The van der Waals surface area contributed by atoms with Crippen molar-refractivity contribution < 1.29 is 13.2 Å². The van der Waals surface area contributed by atoms with Gasteiger partial charge in [0.1, 0.15) is 0 Å². The van der Waals surface area contributed by atoms with Gasteiger partial charge in [-0.1, -0.05) is 29.8 Å². The zero-order valence-electron chi connectivity index (χ0n) is 17.5. The lowest BCUT2D eigenvalue weighted by Gasteiger charge is -2.31. The minimum absolute atomic E-state index is 0.157. The number of aryl methyl sites for hydroxylation is 2. The highest BCUT2D eigenvalue weighted by Gasteiger charge is 2.33. The van der Waals surface area contributed by atoms with E-state index in [-0.39, 0.29) is 23.3 Å². The molecule has 1 N–H and O–H groups in total. The fourth-order valence-corrected chi connectivity index (χ4v) is 5.88. The summed E-state index contributed by atoms with van der Waals surface area (Å²) in [6.07, 6.45) is 1.32. The number of benzene rings is 2. The molecule has 162 valence electrons. The molecule has 6 nitrogen and oxygen atoms in total. The Labute approximate surface area is 187 Å². The van der Waals surface area contributed by atoms with Gasteiger partial charge in [-0.15, -0.1) is 11.3 Å². The Bertz CT molecular complexity index is 1190. The van der Waals surface area contributed by atoms with Crippen molar-refractivity contribution in [2.45, 2.75) is 31.6 Å². The summed E-state index contributed by atoms with van der Waals surface area (Å²) in [6.45, 7) is 4.49. The van der Waals surface area contributed by atoms with E-state index in [1.54, 1.807) is 35.6 Å². The molecule has 0 radical (unpaired) electrons. The molecule has 1 atom stereocenters. The van der Waals surface area contributed by atoms with Crippen LogP contribution in [0.3, 0.4) is 0 Å². The topological polar surface area (TPSA) is 79.4 Å². The monoisotopic (exact) mass is 455 g/mol. The molecule has 1 aliphatic heterocycles. The van der Waals surface area contributed by atoms with Gasteiger partial charge in [-0.05, 0) is 51.0 Å². The van der Waals surface area contributed by atoms with E-state index in [0.29, 0.717) is 25.1 Å². The molecule has 0 unspecified atom stereocenters. The van der Waals surface area contributed by atoms with Gasteiger partial charge in [0.05, 0.1) is 21.5 Å². The van der Waals surface area contributed by atoms with Gasteiger partial charge in [-0.25, -0.2) is 13.4 Å². The van der Waals surface area contributed by atoms with Crippen molar-refractivity contribution in [3.05, 3.63) is 64.5 Å². The fraction of sp³-hybridized carbons (Fsp3) is 0.304. The van der Waals surface area contributed by atoms with E-state index < -0.39 is 10.0 Å². The van der Waals surface area contributed by atoms with Crippen molar-refractivity contribution in [1.82, 2.24) is 9.29 Å². The van der Waals surface area contributed by atoms with Gasteiger partial charge in [-0.3, -0.25) is 4.79 Å². The molecule has 2 heterocycles. The fourth-order valence-electron chi connectivity index (χ4n) is 3.73. The highest BCUT2D eigenvalue weighted by atomic mass is 32.2. The number of amides is 1. The van der Waals surface area contributed by atoms with Crippen molar-refractivity contribution in [2.75, 3.05) is 18.4 Å². The minimum atomic E-state index is -3.61. The van der Waals surface area contributed by atoms with Crippen LogP contribution in [0.2, 0.25) is 0 Å². The Hall–Kier alpha value is -2.55. The summed E-state index contributed by atoms with van der Waals surface area (Å²) in [5.41, 5.74) is 3.51. The number of nitrogens with one attached hydrogen (secondary N) is 1. The van der Waals surface area contributed by atoms with Crippen LogP contribution < -0.4 is 5.32 Å². The average Bonchev–Trinajstić information content (AvgIpc) is 3.21. The van der Waals surface area contributed by atoms with Gasteiger partial charge in [0.2, 0.25) is 15.9 Å². The summed E-state index contributed by atoms with van der Waals surface area (Å²) in [5.74, 6) is -0.547. The van der Waals surface area contributed by atoms with Crippen LogP contribution in [-0.4, -0.2) is 36.7 Å². The van der Waals surface area contributed by atoms with Gasteiger partial charge >= 0.3 is 0 Å². The van der Waals surface area contributed by atoms with Crippen molar-refractivity contribution in [1.29, 1.82) is 0 Å². The molecule has 1 saturated heterocycles. The second-order valence-corrected chi connectivity index (χ2v) is 10.8. The first-order valence-electron chi connectivity index (χ1n) is 10.2. The number of carbonyl (C=O) groups excluding carboxylic acids is 1. The molecule has 2 aromatic carbocycles. The van der Waals surface area contributed by atoms with Crippen LogP contribution in [0.25, 0.3) is 11.3 Å². The van der Waals surface area contributed by atoms with E-state index in [1.165, 1.54) is 4.31 Å². The number of anilines is 1. The first-order chi connectivity index (χ1) is 14.8. The lowest BCUT2D eigenvalue weighted by Crippen LogP contribution is -2.43. The van der Waals surface area contributed by atoms with E-state index in [4.69, 9.17) is 0 Å². The molecule has 3 aromatic rings. The lowest BCUT2D eigenvalue weighted by molar-refractivity contribution is -0.120. The van der Waals surface area contributed by atoms with Crippen LogP contribution >= 0.6 is 11.3 Å². The van der Waals surface area contributed by atoms with Crippen molar-refractivity contribution in [3.63, 3.8) is 0 Å². The van der Waals surface area contributed by atoms with Gasteiger partial charge in [0, 0.05) is 29.7 Å². The van der Waals surface area contributed by atoms with E-state index in [0.717, 1.165) is 21.8 Å². The number of aromatic nitrogens is 1. The Balaban J connectivity index is 1.46.